The molecule has 3 atom stereocenters. The summed E-state index contributed by atoms with van der Waals surface area (Å²) in [6.07, 6.45) is 5.69. The molecule has 44 heavy (non-hydrogen) atoms. The summed E-state index contributed by atoms with van der Waals surface area (Å²) < 4.78 is 15.5. The van der Waals surface area contributed by atoms with Crippen molar-refractivity contribution < 1.29 is 28.4 Å². The zero-order valence-corrected chi connectivity index (χ0v) is 24.2. The van der Waals surface area contributed by atoms with E-state index in [1.54, 1.807) is 6.07 Å². The van der Waals surface area contributed by atoms with Gasteiger partial charge in [-0.15, -0.1) is 0 Å². The van der Waals surface area contributed by atoms with Crippen molar-refractivity contribution in [3.63, 3.8) is 0 Å². The van der Waals surface area contributed by atoms with Gasteiger partial charge in [0.2, 0.25) is 17.7 Å². The average molecular weight is 604 g/mol. The molecular weight excluding hydrogens is 569 g/mol. The first-order valence-electron chi connectivity index (χ1n) is 15.2. The van der Waals surface area contributed by atoms with Crippen LogP contribution in [0.4, 0.5) is 15.9 Å². The second kappa shape index (κ2) is 11.0. The number of hydrogen-bond donors (Lipinski definition) is 2. The predicted octanol–water partition coefficient (Wildman–Crippen LogP) is 1.29. The van der Waals surface area contributed by atoms with E-state index in [1.165, 1.54) is 12.3 Å². The SMILES string of the molecule is NC(=O)c1ccc(N2CCC(CN3C4CCC3CN(c3cc5c(cc3F)C(=O)N(C3CCC(=O)NC3=O)C5=O)C4)CC2)nc1. The standard InChI is InChI=1S/C31H34FN7O5/c32-23-11-21-22(31(44)39(30(21)43)24-4-6-27(40)35-29(24)42)12-25(23)37-15-19-2-3-20(16-37)38(19)14-17-7-9-36(10-8-17)26-5-1-18(13-34-26)28(33)41/h1,5,11-13,17,19-20,24H,2-4,6-10,14-16H2,(H2,33,41)(H,35,40,42). The Kier molecular flexibility index (Phi) is 7.07. The number of carbonyl (C=O) groups is 5. The number of benzene rings is 1. The summed E-state index contributed by atoms with van der Waals surface area (Å²) in [5.41, 5.74) is 6.07. The van der Waals surface area contributed by atoms with Crippen LogP contribution in [0.3, 0.4) is 0 Å². The predicted molar refractivity (Wildman–Crippen MR) is 156 cm³/mol. The van der Waals surface area contributed by atoms with E-state index in [-0.39, 0.29) is 36.1 Å². The lowest BCUT2D eigenvalue weighted by atomic mass is 9.95. The van der Waals surface area contributed by atoms with Gasteiger partial charge in [-0.25, -0.2) is 9.37 Å². The number of rotatable bonds is 6. The highest BCUT2D eigenvalue weighted by Gasteiger charge is 2.46. The van der Waals surface area contributed by atoms with Gasteiger partial charge < -0.3 is 15.5 Å². The number of carbonyl (C=O) groups excluding carboxylic acids is 5. The molecule has 1 aromatic heterocycles. The first-order chi connectivity index (χ1) is 21.2. The summed E-state index contributed by atoms with van der Waals surface area (Å²) in [6, 6.07) is 5.57. The van der Waals surface area contributed by atoms with Gasteiger partial charge in [0, 0.05) is 57.4 Å². The van der Waals surface area contributed by atoms with E-state index >= 15 is 4.39 Å². The molecule has 5 aliphatic rings. The molecule has 2 aromatic rings. The molecule has 3 N–H and O–H groups in total. The third-order valence-electron chi connectivity index (χ3n) is 9.92. The van der Waals surface area contributed by atoms with E-state index in [1.807, 2.05) is 11.0 Å². The number of hydrogen-bond acceptors (Lipinski definition) is 9. The van der Waals surface area contributed by atoms with Crippen molar-refractivity contribution in [1.29, 1.82) is 0 Å². The number of amides is 5. The number of aromatic nitrogens is 1. The molecule has 5 aliphatic heterocycles. The van der Waals surface area contributed by atoms with E-state index in [2.05, 4.69) is 20.1 Å². The van der Waals surface area contributed by atoms with Gasteiger partial charge in [0.25, 0.3) is 11.8 Å². The maximum Gasteiger partial charge on any atom is 0.262 e. The van der Waals surface area contributed by atoms with Crippen molar-refractivity contribution >= 4 is 41.0 Å². The van der Waals surface area contributed by atoms with E-state index in [0.717, 1.165) is 62.1 Å². The first-order valence-corrected chi connectivity index (χ1v) is 15.2. The van der Waals surface area contributed by atoms with Crippen molar-refractivity contribution in [2.24, 2.45) is 11.7 Å². The van der Waals surface area contributed by atoms with Crippen LogP contribution >= 0.6 is 0 Å². The summed E-state index contributed by atoms with van der Waals surface area (Å²) in [6.45, 7) is 3.99. The van der Waals surface area contributed by atoms with Crippen LogP contribution in [0, 0.1) is 11.7 Å². The molecule has 3 unspecified atom stereocenters. The second-order valence-electron chi connectivity index (χ2n) is 12.5. The number of nitrogens with two attached hydrogens (primary N) is 1. The highest BCUT2D eigenvalue weighted by molar-refractivity contribution is 6.23. The van der Waals surface area contributed by atoms with Gasteiger partial charge in [0.15, 0.2) is 0 Å². The molecule has 6 heterocycles. The monoisotopic (exact) mass is 603 g/mol. The molecule has 13 heteroatoms. The zero-order chi connectivity index (χ0) is 30.7. The van der Waals surface area contributed by atoms with Crippen LogP contribution in [0.5, 0.6) is 0 Å². The van der Waals surface area contributed by atoms with Crippen molar-refractivity contribution in [2.75, 3.05) is 42.5 Å². The Morgan fingerprint density at radius 1 is 0.932 bits per heavy atom. The zero-order valence-electron chi connectivity index (χ0n) is 24.2. The Balaban J connectivity index is 0.996. The fraction of sp³-hybridized carbons (Fsp3) is 0.484. The molecule has 0 spiro atoms. The lowest BCUT2D eigenvalue weighted by Gasteiger charge is -2.44. The lowest BCUT2D eigenvalue weighted by Crippen LogP contribution is -2.55. The summed E-state index contributed by atoms with van der Waals surface area (Å²) in [4.78, 5) is 73.8. The Morgan fingerprint density at radius 3 is 2.23 bits per heavy atom. The minimum Gasteiger partial charge on any atom is -0.366 e. The van der Waals surface area contributed by atoms with E-state index in [9.17, 15) is 24.0 Å². The molecule has 1 aromatic carbocycles. The number of piperidine rings is 2. The highest BCUT2D eigenvalue weighted by Crippen LogP contribution is 2.38. The van der Waals surface area contributed by atoms with Crippen LogP contribution in [-0.4, -0.2) is 95.2 Å². The minimum absolute atomic E-state index is 0.0268. The van der Waals surface area contributed by atoms with Crippen molar-refractivity contribution in [1.82, 2.24) is 20.1 Å². The lowest BCUT2D eigenvalue weighted by molar-refractivity contribution is -0.136. The fourth-order valence-electron chi connectivity index (χ4n) is 7.57. The molecule has 230 valence electrons. The number of primary amides is 1. The van der Waals surface area contributed by atoms with E-state index < -0.39 is 41.4 Å². The van der Waals surface area contributed by atoms with Gasteiger partial charge in [-0.1, -0.05) is 0 Å². The smallest absolute Gasteiger partial charge is 0.262 e. The number of halogens is 1. The Hall–Kier alpha value is -4.39. The maximum absolute atomic E-state index is 15.5. The first kappa shape index (κ1) is 28.4. The molecular formula is C31H34FN7O5. The van der Waals surface area contributed by atoms with Crippen LogP contribution in [-0.2, 0) is 9.59 Å². The number of nitrogens with one attached hydrogen (secondary N) is 1. The van der Waals surface area contributed by atoms with Crippen LogP contribution < -0.4 is 20.9 Å². The highest BCUT2D eigenvalue weighted by atomic mass is 19.1. The molecule has 7 rings (SSSR count). The van der Waals surface area contributed by atoms with Crippen molar-refractivity contribution in [3.8, 4) is 0 Å². The van der Waals surface area contributed by atoms with Gasteiger partial charge in [-0.05, 0) is 62.3 Å². The number of piperazine rings is 1. The second-order valence-corrected chi connectivity index (χ2v) is 12.5. The molecule has 0 radical (unpaired) electrons. The molecule has 0 aliphatic carbocycles. The van der Waals surface area contributed by atoms with Gasteiger partial charge in [-0.2, -0.15) is 0 Å². The average Bonchev–Trinajstić information content (AvgIpc) is 3.37. The van der Waals surface area contributed by atoms with Crippen molar-refractivity contribution in [2.45, 2.75) is 56.7 Å². The maximum atomic E-state index is 15.5. The largest absolute Gasteiger partial charge is 0.366 e. The third-order valence-corrected chi connectivity index (χ3v) is 9.92. The van der Waals surface area contributed by atoms with Crippen LogP contribution in [0.15, 0.2) is 30.5 Å². The summed E-state index contributed by atoms with van der Waals surface area (Å²) >= 11 is 0. The van der Waals surface area contributed by atoms with Crippen LogP contribution in [0.1, 0.15) is 69.6 Å². The van der Waals surface area contributed by atoms with Crippen LogP contribution in [0.25, 0.3) is 0 Å². The fourth-order valence-corrected chi connectivity index (χ4v) is 7.57. The normalized spacial score (nSPS) is 25.9. The number of imide groups is 2. The van der Waals surface area contributed by atoms with Crippen molar-refractivity contribution in [3.05, 3.63) is 53.0 Å². The number of fused-ring (bicyclic) bond motifs is 3. The minimum atomic E-state index is -1.09. The molecule has 4 fully saturated rings. The molecule has 4 saturated heterocycles. The van der Waals surface area contributed by atoms with Gasteiger partial charge >= 0.3 is 0 Å². The topological polar surface area (TPSA) is 149 Å². The summed E-state index contributed by atoms with van der Waals surface area (Å²) in [5, 5.41) is 2.18. The quantitative estimate of drug-likeness (QED) is 0.466. The number of pyridine rings is 1. The van der Waals surface area contributed by atoms with E-state index in [0.29, 0.717) is 30.3 Å². The summed E-state index contributed by atoms with van der Waals surface area (Å²) in [7, 11) is 0. The number of anilines is 2. The molecule has 2 bridgehead atoms. The summed E-state index contributed by atoms with van der Waals surface area (Å²) in [5.74, 6) is -2.15. The van der Waals surface area contributed by atoms with Crippen LogP contribution in [0.2, 0.25) is 0 Å². The van der Waals surface area contributed by atoms with E-state index in [4.69, 9.17) is 5.73 Å². The van der Waals surface area contributed by atoms with Gasteiger partial charge in [0.1, 0.15) is 17.7 Å². The Morgan fingerprint density at radius 2 is 1.61 bits per heavy atom. The molecule has 0 saturated carbocycles. The Bertz CT molecular complexity index is 1540. The van der Waals surface area contributed by atoms with Gasteiger partial charge in [-0.3, -0.25) is 39.1 Å². The molecule has 12 nitrogen and oxygen atoms in total. The van der Waals surface area contributed by atoms with Gasteiger partial charge in [0.05, 0.1) is 22.4 Å². The Labute approximate surface area is 253 Å². The number of nitrogens with zero attached hydrogens (tertiary/aromatic N) is 5. The third kappa shape index (κ3) is 4.88. The molecule has 5 amide bonds.